The molecule has 136 valence electrons. The van der Waals surface area contributed by atoms with Gasteiger partial charge in [0.15, 0.2) is 0 Å². The van der Waals surface area contributed by atoms with Gasteiger partial charge in [-0.05, 0) is 35.4 Å². The zero-order valence-corrected chi connectivity index (χ0v) is 14.2. The number of nitrogens with zero attached hydrogens (tertiary/aromatic N) is 3. The number of rotatable bonds is 4. The van der Waals surface area contributed by atoms with Crippen molar-refractivity contribution in [2.24, 2.45) is 4.99 Å². The second kappa shape index (κ2) is 6.85. The van der Waals surface area contributed by atoms with Crippen LogP contribution in [0.25, 0.3) is 0 Å². The van der Waals surface area contributed by atoms with Crippen LogP contribution in [0.15, 0.2) is 72.1 Å². The summed E-state index contributed by atoms with van der Waals surface area (Å²) in [6, 6.07) is 11.3. The maximum absolute atomic E-state index is 13.5. The zero-order valence-electron chi connectivity index (χ0n) is 14.2. The van der Waals surface area contributed by atoms with Gasteiger partial charge in [0.2, 0.25) is 0 Å². The Morgan fingerprint density at radius 3 is 2.00 bits per heavy atom. The lowest BCUT2D eigenvalue weighted by molar-refractivity contribution is 0.225. The third kappa shape index (κ3) is 2.96. The molecule has 0 saturated heterocycles. The van der Waals surface area contributed by atoms with Crippen molar-refractivity contribution in [3.63, 3.8) is 0 Å². The van der Waals surface area contributed by atoms with Crippen molar-refractivity contribution in [1.29, 1.82) is 0 Å². The minimum absolute atomic E-state index is 0.272. The van der Waals surface area contributed by atoms with Gasteiger partial charge in [-0.15, -0.1) is 0 Å². The van der Waals surface area contributed by atoms with E-state index in [0.717, 1.165) is 0 Å². The quantitative estimate of drug-likeness (QED) is 0.744. The Hall–Kier alpha value is -3.19. The average molecular weight is 366 g/mol. The molecule has 5 nitrogen and oxygen atoms in total. The van der Waals surface area contributed by atoms with Crippen LogP contribution in [0.5, 0.6) is 0 Å². The van der Waals surface area contributed by atoms with E-state index < -0.39 is 11.6 Å². The summed E-state index contributed by atoms with van der Waals surface area (Å²) in [6.45, 7) is -0.272. The normalized spacial score (nSPS) is 18.0. The van der Waals surface area contributed by atoms with Crippen molar-refractivity contribution in [3.05, 3.63) is 95.6 Å². The number of nitrogens with one attached hydrogen (secondary N) is 1. The molecule has 1 aliphatic rings. The molecule has 2 heterocycles. The van der Waals surface area contributed by atoms with Crippen LogP contribution in [0.1, 0.15) is 16.8 Å². The van der Waals surface area contributed by atoms with Crippen molar-refractivity contribution in [3.8, 4) is 0 Å². The first kappa shape index (κ1) is 17.2. The summed E-state index contributed by atoms with van der Waals surface area (Å²) in [5.41, 5.74) is 0.902. The van der Waals surface area contributed by atoms with Gasteiger partial charge in [0.05, 0.1) is 12.8 Å². The van der Waals surface area contributed by atoms with Crippen molar-refractivity contribution in [2.75, 3.05) is 6.61 Å². The van der Waals surface area contributed by atoms with Crippen LogP contribution in [0.2, 0.25) is 0 Å². The first-order valence-corrected chi connectivity index (χ1v) is 8.39. The molecule has 1 atom stereocenters. The number of aliphatic hydroxyl groups excluding tert-OH is 1. The Morgan fingerprint density at radius 2 is 1.52 bits per heavy atom. The molecule has 0 bridgehead atoms. The van der Waals surface area contributed by atoms with E-state index in [1.807, 2.05) is 0 Å². The van der Waals surface area contributed by atoms with E-state index in [-0.39, 0.29) is 18.2 Å². The largest absolute Gasteiger partial charge is 0.394 e. The number of halogens is 2. The van der Waals surface area contributed by atoms with Crippen molar-refractivity contribution in [2.45, 2.75) is 11.6 Å². The molecule has 7 heteroatoms. The lowest BCUT2D eigenvalue weighted by Crippen LogP contribution is -2.50. The fourth-order valence-electron chi connectivity index (χ4n) is 3.41. The second-order valence-corrected chi connectivity index (χ2v) is 6.21. The van der Waals surface area contributed by atoms with E-state index in [4.69, 9.17) is 0 Å². The molecule has 1 aliphatic heterocycles. The third-order valence-corrected chi connectivity index (χ3v) is 4.68. The first-order chi connectivity index (χ1) is 13.1. The highest BCUT2D eigenvalue weighted by atomic mass is 19.1. The molecule has 3 aromatic rings. The zero-order chi connectivity index (χ0) is 18.9. The Labute approximate surface area is 154 Å². The van der Waals surface area contributed by atoms with E-state index >= 15 is 0 Å². The molecular weight excluding hydrogens is 350 g/mol. The van der Waals surface area contributed by atoms with E-state index in [2.05, 4.69) is 20.3 Å². The van der Waals surface area contributed by atoms with Crippen LogP contribution in [0.3, 0.4) is 0 Å². The van der Waals surface area contributed by atoms with Crippen LogP contribution in [-0.4, -0.2) is 33.6 Å². The number of hydrogen-bond acceptors (Lipinski definition) is 5. The minimum Gasteiger partial charge on any atom is -0.394 e. The van der Waals surface area contributed by atoms with Gasteiger partial charge in [-0.25, -0.2) is 13.8 Å². The van der Waals surface area contributed by atoms with E-state index in [0.29, 0.717) is 22.7 Å². The molecule has 2 aromatic carbocycles. The van der Waals surface area contributed by atoms with Gasteiger partial charge in [0.1, 0.15) is 34.7 Å². The van der Waals surface area contributed by atoms with Crippen molar-refractivity contribution >= 4 is 5.84 Å². The summed E-state index contributed by atoms with van der Waals surface area (Å²) in [6.07, 6.45) is 4.66. The van der Waals surface area contributed by atoms with Crippen LogP contribution < -0.4 is 5.32 Å². The van der Waals surface area contributed by atoms with Crippen LogP contribution >= 0.6 is 0 Å². The number of aliphatic imine (C=N–C) groups is 1. The SMILES string of the molecule is OCC1N=C(c2cnccn2)NC1(c1ccc(F)cc1)c1ccc(F)cc1. The monoisotopic (exact) mass is 366 g/mol. The van der Waals surface area contributed by atoms with Crippen molar-refractivity contribution in [1.82, 2.24) is 15.3 Å². The molecule has 2 N–H and O–H groups in total. The van der Waals surface area contributed by atoms with E-state index in [1.165, 1.54) is 24.3 Å². The van der Waals surface area contributed by atoms with Gasteiger partial charge in [0.25, 0.3) is 0 Å². The molecule has 4 rings (SSSR count). The van der Waals surface area contributed by atoms with E-state index in [1.54, 1.807) is 42.9 Å². The fraction of sp³-hybridized carbons (Fsp3) is 0.150. The summed E-state index contributed by atoms with van der Waals surface area (Å²) in [5.74, 6) is -0.293. The predicted octanol–water partition coefficient (Wildman–Crippen LogP) is 2.41. The highest BCUT2D eigenvalue weighted by molar-refractivity contribution is 5.99. The molecule has 0 aliphatic carbocycles. The number of benzene rings is 2. The highest BCUT2D eigenvalue weighted by Crippen LogP contribution is 2.38. The molecule has 0 saturated carbocycles. The summed E-state index contributed by atoms with van der Waals surface area (Å²) in [5, 5.41) is 13.4. The minimum atomic E-state index is -0.997. The maximum atomic E-state index is 13.5. The first-order valence-electron chi connectivity index (χ1n) is 8.39. The maximum Gasteiger partial charge on any atom is 0.150 e. The average Bonchev–Trinajstić information content (AvgIpc) is 3.10. The Morgan fingerprint density at radius 1 is 0.926 bits per heavy atom. The summed E-state index contributed by atoms with van der Waals surface area (Å²) < 4.78 is 27.0. The van der Waals surface area contributed by atoms with Gasteiger partial charge in [-0.3, -0.25) is 9.98 Å². The molecule has 0 fully saturated rings. The Bertz CT molecular complexity index is 914. The number of aliphatic hydroxyl groups is 1. The number of amidine groups is 1. The topological polar surface area (TPSA) is 70.4 Å². The molecule has 0 spiro atoms. The summed E-state index contributed by atoms with van der Waals surface area (Å²) in [7, 11) is 0. The second-order valence-electron chi connectivity index (χ2n) is 6.21. The molecule has 1 unspecified atom stereocenters. The van der Waals surface area contributed by atoms with Gasteiger partial charge < -0.3 is 10.4 Å². The number of hydrogen-bond donors (Lipinski definition) is 2. The lowest BCUT2D eigenvalue weighted by atomic mass is 9.78. The smallest absolute Gasteiger partial charge is 0.150 e. The Kier molecular flexibility index (Phi) is 4.37. The fourth-order valence-corrected chi connectivity index (χ4v) is 3.41. The third-order valence-electron chi connectivity index (χ3n) is 4.68. The lowest BCUT2D eigenvalue weighted by Gasteiger charge is -2.35. The van der Waals surface area contributed by atoms with Gasteiger partial charge in [0, 0.05) is 12.4 Å². The molecule has 0 amide bonds. The summed E-state index contributed by atoms with van der Waals surface area (Å²) in [4.78, 5) is 12.9. The van der Waals surface area contributed by atoms with Crippen molar-refractivity contribution < 1.29 is 13.9 Å². The summed E-state index contributed by atoms with van der Waals surface area (Å²) >= 11 is 0. The van der Waals surface area contributed by atoms with Crippen LogP contribution in [-0.2, 0) is 5.54 Å². The van der Waals surface area contributed by atoms with Crippen LogP contribution in [0, 0.1) is 11.6 Å². The van der Waals surface area contributed by atoms with Crippen LogP contribution in [0.4, 0.5) is 8.78 Å². The standard InChI is InChI=1S/C20H16F2N4O/c21-15-5-1-13(2-6-15)20(14-3-7-16(22)8-4-14)18(12-27)25-19(26-20)17-11-23-9-10-24-17/h1-11,18,27H,12H2,(H,25,26). The van der Waals surface area contributed by atoms with Gasteiger partial charge >= 0.3 is 0 Å². The number of aromatic nitrogens is 2. The molecule has 27 heavy (non-hydrogen) atoms. The molecule has 0 radical (unpaired) electrons. The highest BCUT2D eigenvalue weighted by Gasteiger charge is 2.47. The van der Waals surface area contributed by atoms with E-state index in [9.17, 15) is 13.9 Å². The van der Waals surface area contributed by atoms with Gasteiger partial charge in [-0.1, -0.05) is 24.3 Å². The van der Waals surface area contributed by atoms with Gasteiger partial charge in [-0.2, -0.15) is 0 Å². The Balaban J connectivity index is 1.88. The molecule has 1 aromatic heterocycles. The predicted molar refractivity (Wildman–Crippen MR) is 96.2 cm³/mol. The molecular formula is C20H16F2N4O.